The number of nitrogens with one attached hydrogen (secondary N) is 2. The summed E-state index contributed by atoms with van der Waals surface area (Å²) in [6.07, 6.45) is 6.27. The van der Waals surface area contributed by atoms with Crippen LogP contribution in [0, 0.1) is 3.57 Å². The number of aromatic nitrogens is 4. The van der Waals surface area contributed by atoms with Crippen molar-refractivity contribution in [2.45, 2.75) is 18.8 Å². The molecule has 1 fully saturated rings. The Kier molecular flexibility index (Phi) is 4.82. The number of hydrogen-bond acceptors (Lipinski definition) is 5. The molecule has 4 aromatic rings. The summed E-state index contributed by atoms with van der Waals surface area (Å²) in [5.41, 5.74) is 4.59. The van der Waals surface area contributed by atoms with Crippen molar-refractivity contribution in [3.8, 4) is 0 Å². The zero-order chi connectivity index (χ0) is 20.6. The van der Waals surface area contributed by atoms with Crippen LogP contribution < -0.4 is 31.4 Å². The van der Waals surface area contributed by atoms with Crippen LogP contribution in [0.25, 0.3) is 17.0 Å². The van der Waals surface area contributed by atoms with Crippen molar-refractivity contribution in [2.24, 2.45) is 0 Å². The second kappa shape index (κ2) is 7.96. The summed E-state index contributed by atoms with van der Waals surface area (Å²) in [7, 11) is 0. The van der Waals surface area contributed by atoms with Gasteiger partial charge in [-0.25, -0.2) is 0 Å². The van der Waals surface area contributed by atoms with Gasteiger partial charge in [0.15, 0.2) is 0 Å². The van der Waals surface area contributed by atoms with Gasteiger partial charge in [0.2, 0.25) is 0 Å². The van der Waals surface area contributed by atoms with E-state index in [0.717, 1.165) is 60.0 Å². The second-order valence-corrected chi connectivity index (χ2v) is 10.4. The number of nitrogens with zero attached hydrogens (tertiary/aromatic N) is 4. The zero-order valence-corrected chi connectivity index (χ0v) is 19.1. The number of aromatic amines is 1. The van der Waals surface area contributed by atoms with Crippen LogP contribution >= 0.6 is 0 Å². The van der Waals surface area contributed by atoms with Gasteiger partial charge >= 0.3 is 192 Å². The molecule has 0 atom stereocenters. The SMILES string of the molecule is C1=Cc2nc(N3CCC(c4ccccc4)CC3)nc(Nc3ccc4[nH]ncc4c3)c2[I-]1. The molecule has 0 saturated carbocycles. The molecule has 0 spiro atoms. The van der Waals surface area contributed by atoms with Crippen molar-refractivity contribution in [1.82, 2.24) is 20.2 Å². The fourth-order valence-electron chi connectivity index (χ4n) is 4.34. The van der Waals surface area contributed by atoms with E-state index in [4.69, 9.17) is 9.97 Å². The van der Waals surface area contributed by atoms with Gasteiger partial charge in [-0.15, -0.1) is 0 Å². The Bertz CT molecular complexity index is 1260. The molecule has 2 aliphatic rings. The summed E-state index contributed by atoms with van der Waals surface area (Å²) in [6, 6.07) is 17.1. The predicted octanol–water partition coefficient (Wildman–Crippen LogP) is 1.72. The molecule has 2 aliphatic heterocycles. The Hall–Kier alpha value is -2.94. The van der Waals surface area contributed by atoms with E-state index in [-0.39, 0.29) is 21.2 Å². The molecule has 4 heterocycles. The molecule has 7 heteroatoms. The van der Waals surface area contributed by atoms with Crippen molar-refractivity contribution in [3.05, 3.63) is 73.6 Å². The molecular formula is C24H22IN6-. The first-order valence-corrected chi connectivity index (χ1v) is 12.9. The number of benzene rings is 2. The van der Waals surface area contributed by atoms with Gasteiger partial charge in [0, 0.05) is 0 Å². The third-order valence-electron chi connectivity index (χ3n) is 6.01. The van der Waals surface area contributed by atoms with Gasteiger partial charge in [0.25, 0.3) is 0 Å². The normalized spacial score (nSPS) is 16.3. The van der Waals surface area contributed by atoms with Gasteiger partial charge in [0.05, 0.1) is 0 Å². The Morgan fingerprint density at radius 2 is 1.90 bits per heavy atom. The predicted molar refractivity (Wildman–Crippen MR) is 120 cm³/mol. The van der Waals surface area contributed by atoms with Crippen LogP contribution in [0.15, 0.2) is 58.8 Å². The molecule has 6 rings (SSSR count). The average Bonchev–Trinajstić information content (AvgIpc) is 3.49. The van der Waals surface area contributed by atoms with E-state index >= 15 is 0 Å². The van der Waals surface area contributed by atoms with Gasteiger partial charge in [-0.05, 0) is 0 Å². The zero-order valence-electron chi connectivity index (χ0n) is 16.9. The molecular weight excluding hydrogens is 499 g/mol. The molecule has 0 unspecified atom stereocenters. The molecule has 31 heavy (non-hydrogen) atoms. The van der Waals surface area contributed by atoms with E-state index in [2.05, 4.69) is 79.1 Å². The summed E-state index contributed by atoms with van der Waals surface area (Å²) in [5.74, 6) is 2.41. The van der Waals surface area contributed by atoms with E-state index < -0.39 is 0 Å². The van der Waals surface area contributed by atoms with Crippen LogP contribution in [-0.2, 0) is 0 Å². The summed E-state index contributed by atoms with van der Waals surface area (Å²) < 4.78 is 3.54. The van der Waals surface area contributed by atoms with Crippen LogP contribution in [-0.4, -0.2) is 33.3 Å². The second-order valence-electron chi connectivity index (χ2n) is 7.94. The number of hydrogen-bond donors (Lipinski definition) is 2. The van der Waals surface area contributed by atoms with Gasteiger partial charge in [-0.3, -0.25) is 0 Å². The number of fused-ring (bicyclic) bond motifs is 2. The molecule has 0 aliphatic carbocycles. The molecule has 6 nitrogen and oxygen atoms in total. The van der Waals surface area contributed by atoms with Crippen molar-refractivity contribution in [2.75, 3.05) is 23.3 Å². The molecule has 0 bridgehead atoms. The number of piperidine rings is 1. The quantitative estimate of drug-likeness (QED) is 0.401. The molecule has 1 saturated heterocycles. The fraction of sp³-hybridized carbons (Fsp3) is 0.208. The average molecular weight is 521 g/mol. The number of rotatable bonds is 4. The van der Waals surface area contributed by atoms with Crippen LogP contribution in [0.1, 0.15) is 30.0 Å². The van der Waals surface area contributed by atoms with E-state index in [1.807, 2.05) is 6.20 Å². The third-order valence-corrected chi connectivity index (χ3v) is 8.42. The maximum absolute atomic E-state index is 5.00. The maximum atomic E-state index is 5.00. The van der Waals surface area contributed by atoms with Crippen LogP contribution in [0.3, 0.4) is 0 Å². The first kappa shape index (κ1) is 18.8. The van der Waals surface area contributed by atoms with Crippen molar-refractivity contribution < 1.29 is 21.2 Å². The topological polar surface area (TPSA) is 69.7 Å². The molecule has 0 radical (unpaired) electrons. The van der Waals surface area contributed by atoms with Crippen LogP contribution in [0.5, 0.6) is 0 Å². The molecule has 2 aromatic heterocycles. The standard InChI is InChI=1S/C24H22IN6/c1-2-4-16(5-3-1)17-9-12-31(13-10-17)24-28-21-8-11-25-22(21)23(29-24)27-19-6-7-20-18(14-19)15-26-30-20/h1-8,11,14-15,17H,9-10,12-13H2,(H,26,30)(H,27,28,29)/q-1. The van der Waals surface area contributed by atoms with E-state index in [9.17, 15) is 0 Å². The van der Waals surface area contributed by atoms with Crippen molar-refractivity contribution in [3.63, 3.8) is 0 Å². The van der Waals surface area contributed by atoms with E-state index in [0.29, 0.717) is 5.92 Å². The monoisotopic (exact) mass is 521 g/mol. The fourth-order valence-corrected chi connectivity index (χ4v) is 6.39. The molecule has 156 valence electrons. The number of halogens is 1. The van der Waals surface area contributed by atoms with Crippen LogP contribution in [0.4, 0.5) is 17.5 Å². The van der Waals surface area contributed by atoms with Gasteiger partial charge in [-0.1, -0.05) is 0 Å². The Labute approximate surface area is 191 Å². The number of H-pyrrole nitrogens is 1. The van der Waals surface area contributed by atoms with Gasteiger partial charge in [0.1, 0.15) is 0 Å². The Balaban J connectivity index is 1.26. The summed E-state index contributed by atoms with van der Waals surface area (Å²) in [6.45, 7) is 1.97. The summed E-state index contributed by atoms with van der Waals surface area (Å²) in [4.78, 5) is 12.3. The van der Waals surface area contributed by atoms with Crippen molar-refractivity contribution >= 4 is 34.4 Å². The van der Waals surface area contributed by atoms with Gasteiger partial charge in [-0.2, -0.15) is 0 Å². The Morgan fingerprint density at radius 1 is 1.03 bits per heavy atom. The Morgan fingerprint density at radius 3 is 2.77 bits per heavy atom. The van der Waals surface area contributed by atoms with E-state index in [1.165, 1.54) is 9.13 Å². The molecule has 2 aromatic carbocycles. The minimum absolute atomic E-state index is 0.198. The first-order chi connectivity index (χ1) is 15.3. The van der Waals surface area contributed by atoms with E-state index in [1.54, 1.807) is 0 Å². The summed E-state index contributed by atoms with van der Waals surface area (Å²) in [5, 5.41) is 11.8. The minimum atomic E-state index is -0.198. The number of anilines is 3. The summed E-state index contributed by atoms with van der Waals surface area (Å²) >= 11 is -0.198. The molecule has 0 amide bonds. The van der Waals surface area contributed by atoms with Crippen LogP contribution in [0.2, 0.25) is 0 Å². The van der Waals surface area contributed by atoms with Crippen molar-refractivity contribution in [1.29, 1.82) is 0 Å². The first-order valence-electron chi connectivity index (χ1n) is 10.6. The molecule has 2 N–H and O–H groups in total. The van der Waals surface area contributed by atoms with Gasteiger partial charge < -0.3 is 0 Å². The third kappa shape index (κ3) is 3.67.